The van der Waals surface area contributed by atoms with E-state index in [-0.39, 0.29) is 18.3 Å². The molecule has 1 aromatic rings. The maximum absolute atomic E-state index is 12.1. The third-order valence-corrected chi connectivity index (χ3v) is 3.82. The zero-order chi connectivity index (χ0) is 13.0. The lowest BCUT2D eigenvalue weighted by Crippen LogP contribution is -2.30. The molecule has 1 fully saturated rings. The van der Waals surface area contributed by atoms with E-state index < -0.39 is 0 Å². The van der Waals surface area contributed by atoms with Crippen molar-refractivity contribution in [2.45, 2.75) is 6.42 Å². The standard InChI is InChI=1S/C13H17BrN2O2.ClH/c1-18-10-2-3-12(14)11(6-10)13(17)16-8-9-4-5-15-7-9;/h2-3,6,9,15H,4-5,7-8H2,1H3,(H,16,17);1H. The average Bonchev–Trinajstić information content (AvgIpc) is 2.89. The molecule has 1 aromatic carbocycles. The van der Waals surface area contributed by atoms with E-state index in [1.54, 1.807) is 13.2 Å². The number of amides is 1. The Balaban J connectivity index is 0.00000180. The fraction of sp³-hybridized carbons (Fsp3) is 0.462. The minimum absolute atomic E-state index is 0. The van der Waals surface area contributed by atoms with E-state index >= 15 is 0 Å². The molecule has 1 unspecified atom stereocenters. The van der Waals surface area contributed by atoms with Crippen molar-refractivity contribution in [3.63, 3.8) is 0 Å². The van der Waals surface area contributed by atoms with Crippen molar-refractivity contribution in [1.29, 1.82) is 0 Å². The Hall–Kier alpha value is -0.780. The highest BCUT2D eigenvalue weighted by molar-refractivity contribution is 9.10. The summed E-state index contributed by atoms with van der Waals surface area (Å²) in [6.07, 6.45) is 1.12. The summed E-state index contributed by atoms with van der Waals surface area (Å²) in [4.78, 5) is 12.1. The molecule has 0 bridgehead atoms. The quantitative estimate of drug-likeness (QED) is 0.876. The van der Waals surface area contributed by atoms with Crippen molar-refractivity contribution in [3.05, 3.63) is 28.2 Å². The number of hydrogen-bond donors (Lipinski definition) is 2. The molecular formula is C13H18BrClN2O2. The molecule has 2 N–H and O–H groups in total. The minimum Gasteiger partial charge on any atom is -0.497 e. The Kier molecular flexibility index (Phi) is 6.62. The molecule has 106 valence electrons. The summed E-state index contributed by atoms with van der Waals surface area (Å²) in [6.45, 7) is 2.75. The third-order valence-electron chi connectivity index (χ3n) is 3.13. The van der Waals surface area contributed by atoms with Crippen LogP contribution in [0.2, 0.25) is 0 Å². The van der Waals surface area contributed by atoms with Gasteiger partial charge in [0.15, 0.2) is 0 Å². The molecular weight excluding hydrogens is 332 g/mol. The molecule has 6 heteroatoms. The Bertz CT molecular complexity index is 437. The predicted molar refractivity (Wildman–Crippen MR) is 81.3 cm³/mol. The van der Waals surface area contributed by atoms with Crippen LogP contribution in [0.5, 0.6) is 5.75 Å². The number of carbonyl (C=O) groups is 1. The molecule has 1 heterocycles. The van der Waals surface area contributed by atoms with Gasteiger partial charge in [-0.1, -0.05) is 0 Å². The molecule has 0 aliphatic carbocycles. The molecule has 0 radical (unpaired) electrons. The van der Waals surface area contributed by atoms with Gasteiger partial charge in [-0.05, 0) is 59.6 Å². The molecule has 0 spiro atoms. The molecule has 0 aromatic heterocycles. The van der Waals surface area contributed by atoms with Gasteiger partial charge in [0.2, 0.25) is 0 Å². The van der Waals surface area contributed by atoms with E-state index in [2.05, 4.69) is 26.6 Å². The Morgan fingerprint density at radius 2 is 2.37 bits per heavy atom. The van der Waals surface area contributed by atoms with Crippen molar-refractivity contribution >= 4 is 34.2 Å². The summed E-state index contributed by atoms with van der Waals surface area (Å²) in [7, 11) is 1.59. The lowest BCUT2D eigenvalue weighted by Gasteiger charge is -2.11. The number of halogens is 2. The first kappa shape index (κ1) is 16.3. The van der Waals surface area contributed by atoms with Gasteiger partial charge in [-0.15, -0.1) is 12.4 Å². The van der Waals surface area contributed by atoms with E-state index in [0.29, 0.717) is 17.2 Å². The number of methoxy groups -OCH3 is 1. The summed E-state index contributed by atoms with van der Waals surface area (Å²) in [6, 6.07) is 5.39. The summed E-state index contributed by atoms with van der Waals surface area (Å²) < 4.78 is 5.91. The average molecular weight is 350 g/mol. The van der Waals surface area contributed by atoms with Crippen LogP contribution >= 0.6 is 28.3 Å². The highest BCUT2D eigenvalue weighted by atomic mass is 79.9. The van der Waals surface area contributed by atoms with Crippen molar-refractivity contribution in [2.24, 2.45) is 5.92 Å². The zero-order valence-electron chi connectivity index (χ0n) is 10.7. The minimum atomic E-state index is -0.0623. The second kappa shape index (κ2) is 7.72. The highest BCUT2D eigenvalue weighted by Gasteiger charge is 2.17. The number of ether oxygens (including phenoxy) is 1. The predicted octanol–water partition coefficient (Wildman–Crippen LogP) is 2.22. The van der Waals surface area contributed by atoms with Gasteiger partial charge in [0, 0.05) is 11.0 Å². The zero-order valence-corrected chi connectivity index (χ0v) is 13.1. The van der Waals surface area contributed by atoms with Crippen LogP contribution in [0, 0.1) is 5.92 Å². The van der Waals surface area contributed by atoms with Crippen LogP contribution in [0.25, 0.3) is 0 Å². The summed E-state index contributed by atoms with van der Waals surface area (Å²) in [5.74, 6) is 1.16. The summed E-state index contributed by atoms with van der Waals surface area (Å²) in [5, 5.41) is 6.25. The van der Waals surface area contributed by atoms with Gasteiger partial charge in [0.05, 0.1) is 12.7 Å². The highest BCUT2D eigenvalue weighted by Crippen LogP contribution is 2.22. The molecule has 1 saturated heterocycles. The number of rotatable bonds is 4. The Morgan fingerprint density at radius 1 is 1.58 bits per heavy atom. The van der Waals surface area contributed by atoms with Crippen molar-refractivity contribution in [1.82, 2.24) is 10.6 Å². The van der Waals surface area contributed by atoms with Gasteiger partial charge in [-0.3, -0.25) is 4.79 Å². The van der Waals surface area contributed by atoms with E-state index in [0.717, 1.165) is 30.5 Å². The van der Waals surface area contributed by atoms with Crippen LogP contribution in [-0.2, 0) is 0 Å². The second-order valence-corrected chi connectivity index (χ2v) is 5.27. The Labute approximate surface area is 127 Å². The van der Waals surface area contributed by atoms with Crippen LogP contribution < -0.4 is 15.4 Å². The van der Waals surface area contributed by atoms with Crippen LogP contribution in [0.4, 0.5) is 0 Å². The fourth-order valence-corrected chi connectivity index (χ4v) is 2.45. The van der Waals surface area contributed by atoms with Crippen LogP contribution in [0.15, 0.2) is 22.7 Å². The molecule has 1 atom stereocenters. The normalized spacial score (nSPS) is 17.7. The van der Waals surface area contributed by atoms with E-state index in [1.807, 2.05) is 12.1 Å². The van der Waals surface area contributed by atoms with Crippen molar-refractivity contribution in [3.8, 4) is 5.75 Å². The molecule has 1 amide bonds. The maximum Gasteiger partial charge on any atom is 0.252 e. The van der Waals surface area contributed by atoms with Gasteiger partial charge >= 0.3 is 0 Å². The van der Waals surface area contributed by atoms with Gasteiger partial charge in [-0.2, -0.15) is 0 Å². The van der Waals surface area contributed by atoms with E-state index in [1.165, 1.54) is 0 Å². The van der Waals surface area contributed by atoms with Gasteiger partial charge in [0.25, 0.3) is 5.91 Å². The molecule has 19 heavy (non-hydrogen) atoms. The van der Waals surface area contributed by atoms with E-state index in [4.69, 9.17) is 4.74 Å². The summed E-state index contributed by atoms with van der Waals surface area (Å²) >= 11 is 3.39. The molecule has 2 rings (SSSR count). The maximum atomic E-state index is 12.1. The number of nitrogens with one attached hydrogen (secondary N) is 2. The smallest absolute Gasteiger partial charge is 0.252 e. The van der Waals surface area contributed by atoms with Crippen molar-refractivity contribution in [2.75, 3.05) is 26.7 Å². The van der Waals surface area contributed by atoms with Crippen LogP contribution in [-0.4, -0.2) is 32.7 Å². The monoisotopic (exact) mass is 348 g/mol. The number of benzene rings is 1. The van der Waals surface area contributed by atoms with E-state index in [9.17, 15) is 4.79 Å². The summed E-state index contributed by atoms with van der Waals surface area (Å²) in [5.41, 5.74) is 0.611. The third kappa shape index (κ3) is 4.37. The fourth-order valence-electron chi connectivity index (χ4n) is 2.03. The number of hydrogen-bond acceptors (Lipinski definition) is 3. The Morgan fingerprint density at radius 3 is 3.00 bits per heavy atom. The molecule has 1 aliphatic rings. The molecule has 4 nitrogen and oxygen atoms in total. The van der Waals surface area contributed by atoms with Crippen LogP contribution in [0.1, 0.15) is 16.8 Å². The first-order valence-electron chi connectivity index (χ1n) is 6.03. The largest absolute Gasteiger partial charge is 0.497 e. The first-order valence-corrected chi connectivity index (χ1v) is 6.82. The number of carbonyl (C=O) groups excluding carboxylic acids is 1. The topological polar surface area (TPSA) is 50.4 Å². The van der Waals surface area contributed by atoms with Gasteiger partial charge in [0.1, 0.15) is 5.75 Å². The van der Waals surface area contributed by atoms with Gasteiger partial charge < -0.3 is 15.4 Å². The molecule has 1 aliphatic heterocycles. The first-order chi connectivity index (χ1) is 8.70. The lowest BCUT2D eigenvalue weighted by atomic mass is 10.1. The van der Waals surface area contributed by atoms with Gasteiger partial charge in [-0.25, -0.2) is 0 Å². The lowest BCUT2D eigenvalue weighted by molar-refractivity contribution is 0.0947. The SMILES string of the molecule is COc1ccc(Br)c(C(=O)NCC2CCNC2)c1.Cl. The van der Waals surface area contributed by atoms with Crippen LogP contribution in [0.3, 0.4) is 0 Å². The molecule has 0 saturated carbocycles. The van der Waals surface area contributed by atoms with Crippen molar-refractivity contribution < 1.29 is 9.53 Å². The second-order valence-electron chi connectivity index (χ2n) is 4.41.